The molecule has 0 atom stereocenters. The van der Waals surface area contributed by atoms with Crippen LogP contribution in [-0.4, -0.2) is 17.8 Å². The van der Waals surface area contributed by atoms with Crippen molar-refractivity contribution in [1.29, 1.82) is 0 Å². The van der Waals surface area contributed by atoms with Crippen molar-refractivity contribution in [3.8, 4) is 5.88 Å². The molecule has 1 aromatic heterocycles. The topological polar surface area (TPSA) is 22.1 Å². The Kier molecular flexibility index (Phi) is 3.45. The van der Waals surface area contributed by atoms with Gasteiger partial charge in [-0.25, -0.2) is 4.98 Å². The van der Waals surface area contributed by atoms with Crippen molar-refractivity contribution in [3.05, 3.63) is 23.9 Å². The molecule has 5 heteroatoms. The summed E-state index contributed by atoms with van der Waals surface area (Å²) in [7, 11) is 0. The number of halogens is 3. The van der Waals surface area contributed by atoms with E-state index < -0.39 is 12.8 Å². The van der Waals surface area contributed by atoms with Gasteiger partial charge in [0, 0.05) is 12.3 Å². The van der Waals surface area contributed by atoms with Crippen molar-refractivity contribution < 1.29 is 17.9 Å². The van der Waals surface area contributed by atoms with Crippen molar-refractivity contribution in [1.82, 2.24) is 4.98 Å². The van der Waals surface area contributed by atoms with E-state index in [2.05, 4.69) is 9.72 Å². The summed E-state index contributed by atoms with van der Waals surface area (Å²) < 4.78 is 40.3. The maximum absolute atomic E-state index is 11.9. The monoisotopic (exact) mass is 233 g/mol. The van der Waals surface area contributed by atoms with Gasteiger partial charge in [0.25, 0.3) is 0 Å². The van der Waals surface area contributed by atoms with Gasteiger partial charge in [-0.2, -0.15) is 13.2 Å². The second-order valence-corrected chi connectivity index (χ2v) is 4.54. The Hall–Kier alpha value is -1.26. The number of ether oxygens (including phenoxy) is 1. The molecule has 0 saturated carbocycles. The minimum absolute atomic E-state index is 0.00440. The van der Waals surface area contributed by atoms with Crippen LogP contribution < -0.4 is 4.74 Å². The standard InChI is InChI=1S/C11H14F3NO/c1-10(2,3)8-4-5-15-9(6-8)16-7-11(12,13)14/h4-6H,7H2,1-3H3. The maximum atomic E-state index is 11.9. The Morgan fingerprint density at radius 3 is 2.38 bits per heavy atom. The number of alkyl halides is 3. The highest BCUT2D eigenvalue weighted by atomic mass is 19.4. The zero-order chi connectivity index (χ0) is 12.4. The van der Waals surface area contributed by atoms with Crippen molar-refractivity contribution in [2.24, 2.45) is 0 Å². The molecule has 0 aromatic carbocycles. The molecule has 0 radical (unpaired) electrons. The molecule has 2 nitrogen and oxygen atoms in total. The zero-order valence-corrected chi connectivity index (χ0v) is 9.43. The van der Waals surface area contributed by atoms with Crippen molar-refractivity contribution in [2.45, 2.75) is 32.4 Å². The van der Waals surface area contributed by atoms with Gasteiger partial charge < -0.3 is 4.74 Å². The third-order valence-corrected chi connectivity index (χ3v) is 1.98. The molecule has 0 aliphatic heterocycles. The van der Waals surface area contributed by atoms with Crippen LogP contribution in [0.1, 0.15) is 26.3 Å². The van der Waals surface area contributed by atoms with E-state index in [0.29, 0.717) is 0 Å². The van der Waals surface area contributed by atoms with Gasteiger partial charge in [0.15, 0.2) is 6.61 Å². The van der Waals surface area contributed by atoms with Crippen LogP contribution in [0.2, 0.25) is 0 Å². The maximum Gasteiger partial charge on any atom is 0.422 e. The highest BCUT2D eigenvalue weighted by Gasteiger charge is 2.28. The summed E-state index contributed by atoms with van der Waals surface area (Å²) in [5, 5.41) is 0. The van der Waals surface area contributed by atoms with E-state index >= 15 is 0 Å². The Morgan fingerprint density at radius 1 is 1.25 bits per heavy atom. The van der Waals surface area contributed by atoms with Crippen LogP contribution in [0.15, 0.2) is 18.3 Å². The van der Waals surface area contributed by atoms with Crippen LogP contribution >= 0.6 is 0 Å². The quantitative estimate of drug-likeness (QED) is 0.781. The smallest absolute Gasteiger partial charge is 0.422 e. The molecule has 0 spiro atoms. The van der Waals surface area contributed by atoms with Gasteiger partial charge >= 0.3 is 6.18 Å². The molecule has 1 rings (SSSR count). The fourth-order valence-electron chi connectivity index (χ4n) is 1.11. The zero-order valence-electron chi connectivity index (χ0n) is 9.43. The average Bonchev–Trinajstić information content (AvgIpc) is 2.13. The predicted octanol–water partition coefficient (Wildman–Crippen LogP) is 3.32. The molecule has 0 N–H and O–H groups in total. The first-order valence-corrected chi connectivity index (χ1v) is 4.84. The van der Waals surface area contributed by atoms with E-state index in [0.717, 1.165) is 5.56 Å². The third-order valence-electron chi connectivity index (χ3n) is 1.98. The van der Waals surface area contributed by atoms with Crippen molar-refractivity contribution >= 4 is 0 Å². The summed E-state index contributed by atoms with van der Waals surface area (Å²) in [6, 6.07) is 3.30. The van der Waals surface area contributed by atoms with Crippen molar-refractivity contribution in [2.75, 3.05) is 6.61 Å². The van der Waals surface area contributed by atoms with Gasteiger partial charge in [-0.05, 0) is 17.0 Å². The lowest BCUT2D eigenvalue weighted by atomic mass is 9.88. The number of hydrogen-bond donors (Lipinski definition) is 0. The van der Waals surface area contributed by atoms with E-state index in [1.807, 2.05) is 20.8 Å². The summed E-state index contributed by atoms with van der Waals surface area (Å²) in [6.45, 7) is 4.59. The van der Waals surface area contributed by atoms with Gasteiger partial charge in [0.1, 0.15) is 0 Å². The number of nitrogens with zero attached hydrogens (tertiary/aromatic N) is 1. The Balaban J connectivity index is 2.76. The number of rotatable bonds is 2. The van der Waals surface area contributed by atoms with E-state index in [1.165, 1.54) is 12.3 Å². The first-order valence-electron chi connectivity index (χ1n) is 4.84. The fourth-order valence-corrected chi connectivity index (χ4v) is 1.11. The molecule has 0 unspecified atom stereocenters. The number of hydrogen-bond acceptors (Lipinski definition) is 2. The molecular formula is C11H14F3NO. The average molecular weight is 233 g/mol. The Bertz CT molecular complexity index is 355. The lowest BCUT2D eigenvalue weighted by Crippen LogP contribution is -2.20. The minimum Gasteiger partial charge on any atom is -0.468 e. The van der Waals surface area contributed by atoms with Gasteiger partial charge in [-0.1, -0.05) is 20.8 Å². The first-order chi connectivity index (χ1) is 7.18. The molecule has 1 heterocycles. The summed E-state index contributed by atoms with van der Waals surface area (Å²) in [4.78, 5) is 3.73. The third kappa shape index (κ3) is 4.08. The molecule has 0 aliphatic rings. The molecule has 0 saturated heterocycles. The lowest BCUT2D eigenvalue weighted by Gasteiger charge is -2.19. The first kappa shape index (κ1) is 12.8. The predicted molar refractivity (Wildman–Crippen MR) is 54.5 cm³/mol. The SMILES string of the molecule is CC(C)(C)c1ccnc(OCC(F)(F)F)c1. The molecular weight excluding hydrogens is 219 g/mol. The summed E-state index contributed by atoms with van der Waals surface area (Å²) in [5.41, 5.74) is 0.749. The van der Waals surface area contributed by atoms with E-state index in [-0.39, 0.29) is 11.3 Å². The molecule has 90 valence electrons. The molecule has 1 aromatic rings. The normalized spacial score (nSPS) is 12.6. The lowest BCUT2D eigenvalue weighted by molar-refractivity contribution is -0.154. The highest BCUT2D eigenvalue weighted by Crippen LogP contribution is 2.25. The van der Waals surface area contributed by atoms with Crippen molar-refractivity contribution in [3.63, 3.8) is 0 Å². The van der Waals surface area contributed by atoms with Crippen LogP contribution in [0.5, 0.6) is 5.88 Å². The van der Waals surface area contributed by atoms with Crippen LogP contribution in [0.3, 0.4) is 0 Å². The molecule has 16 heavy (non-hydrogen) atoms. The van der Waals surface area contributed by atoms with E-state index in [1.54, 1.807) is 6.07 Å². The summed E-state index contributed by atoms with van der Waals surface area (Å²) in [5.74, 6) is 0.00440. The van der Waals surface area contributed by atoms with Crippen LogP contribution in [0, 0.1) is 0 Å². The van der Waals surface area contributed by atoms with E-state index in [4.69, 9.17) is 0 Å². The summed E-state index contributed by atoms with van der Waals surface area (Å²) in [6.07, 6.45) is -2.88. The van der Waals surface area contributed by atoms with Crippen LogP contribution in [0.25, 0.3) is 0 Å². The Morgan fingerprint density at radius 2 is 1.88 bits per heavy atom. The second kappa shape index (κ2) is 4.31. The van der Waals surface area contributed by atoms with E-state index in [9.17, 15) is 13.2 Å². The minimum atomic E-state index is -4.33. The van der Waals surface area contributed by atoms with Gasteiger partial charge in [-0.3, -0.25) is 0 Å². The number of pyridine rings is 1. The highest BCUT2D eigenvalue weighted by molar-refractivity contribution is 5.26. The molecule has 0 amide bonds. The van der Waals surface area contributed by atoms with Gasteiger partial charge in [-0.15, -0.1) is 0 Å². The summed E-state index contributed by atoms with van der Waals surface area (Å²) >= 11 is 0. The second-order valence-electron chi connectivity index (χ2n) is 4.54. The fraction of sp³-hybridized carbons (Fsp3) is 0.545. The number of aromatic nitrogens is 1. The van der Waals surface area contributed by atoms with Crippen LogP contribution in [-0.2, 0) is 5.41 Å². The van der Waals surface area contributed by atoms with Crippen LogP contribution in [0.4, 0.5) is 13.2 Å². The molecule has 0 aliphatic carbocycles. The van der Waals surface area contributed by atoms with Gasteiger partial charge in [0.05, 0.1) is 0 Å². The molecule has 0 bridgehead atoms. The Labute approximate surface area is 92.5 Å². The molecule has 0 fully saturated rings. The largest absolute Gasteiger partial charge is 0.468 e. The van der Waals surface area contributed by atoms with Gasteiger partial charge in [0.2, 0.25) is 5.88 Å².